The molecule has 93 valence electrons. The zero-order valence-corrected chi connectivity index (χ0v) is 9.77. The highest BCUT2D eigenvalue weighted by molar-refractivity contribution is 7.85. The fraction of sp³-hybridized carbons (Fsp3) is 0. The van der Waals surface area contributed by atoms with Gasteiger partial charge in [-0.1, -0.05) is 12.1 Å². The Bertz CT molecular complexity index is 751. The highest BCUT2D eigenvalue weighted by Gasteiger charge is 2.16. The highest BCUT2D eigenvalue weighted by Crippen LogP contribution is 2.28. The molecule has 0 atom stereocenters. The summed E-state index contributed by atoms with van der Waals surface area (Å²) >= 11 is 0. The van der Waals surface area contributed by atoms with Crippen molar-refractivity contribution in [3.63, 3.8) is 0 Å². The van der Waals surface area contributed by atoms with Crippen LogP contribution in [-0.4, -0.2) is 18.9 Å². The summed E-state index contributed by atoms with van der Waals surface area (Å²) in [6.45, 7) is 0. The molecule has 0 unspecified atom stereocenters. The Morgan fingerprint density at radius 2 is 1.83 bits per heavy atom. The molecule has 2 aromatic carbocycles. The molecule has 0 saturated carbocycles. The van der Waals surface area contributed by atoms with E-state index in [2.05, 4.69) is 0 Å². The van der Waals surface area contributed by atoms with E-state index in [4.69, 9.17) is 10.3 Å². The summed E-state index contributed by atoms with van der Waals surface area (Å²) in [7, 11) is -4.33. The topological polar surface area (TPSA) is 117 Å². The van der Waals surface area contributed by atoms with E-state index in [1.807, 2.05) is 0 Å². The Morgan fingerprint density at radius 1 is 1.17 bits per heavy atom. The van der Waals surface area contributed by atoms with Gasteiger partial charge in [0.15, 0.2) is 5.75 Å². The van der Waals surface area contributed by atoms with E-state index in [0.717, 1.165) is 18.2 Å². The number of fused-ring (bicyclic) bond motifs is 1. The molecule has 0 bridgehead atoms. The number of benzene rings is 2. The first-order valence-electron chi connectivity index (χ1n) is 4.82. The van der Waals surface area contributed by atoms with Gasteiger partial charge in [0.25, 0.3) is 16.0 Å². The van der Waals surface area contributed by atoms with Crippen molar-refractivity contribution in [1.82, 2.24) is 0 Å². The van der Waals surface area contributed by atoms with Crippen LogP contribution in [0.15, 0.2) is 35.2 Å². The molecule has 0 aliphatic carbocycles. The summed E-state index contributed by atoms with van der Waals surface area (Å²) in [6, 6.07) is 6.01. The summed E-state index contributed by atoms with van der Waals surface area (Å²) in [5.74, 6) is -1.42. The fourth-order valence-electron chi connectivity index (χ4n) is 1.70. The van der Waals surface area contributed by atoms with Crippen LogP contribution < -0.4 is 5.73 Å². The molecule has 1 radical (unpaired) electrons. The molecule has 6 nitrogen and oxygen atoms in total. The predicted octanol–water partition coefficient (Wildman–Crippen LogP) is 1.33. The number of carbonyl (C=O) groups is 1. The Kier molecular flexibility index (Phi) is 2.72. The smallest absolute Gasteiger partial charge is 0.294 e. The molecule has 0 aromatic heterocycles. The van der Waals surface area contributed by atoms with Crippen molar-refractivity contribution in [3.8, 4) is 5.75 Å². The third-order valence-corrected chi connectivity index (χ3v) is 3.35. The molecular weight excluding hydrogens is 258 g/mol. The molecule has 7 heteroatoms. The molecule has 2 rings (SSSR count). The first kappa shape index (κ1) is 12.3. The van der Waals surface area contributed by atoms with Gasteiger partial charge in [-0.25, -0.2) is 0 Å². The molecule has 0 heterocycles. The molecule has 0 aliphatic rings. The average Bonchev–Trinajstić information content (AvgIpc) is 2.26. The van der Waals surface area contributed by atoms with E-state index < -0.39 is 21.8 Å². The Labute approximate surface area is 102 Å². The number of nitrogens with two attached hydrogens (primary N) is 1. The molecule has 0 aliphatic heterocycles. The number of amides is 1. The standard InChI is InChI=1S/C11H8NO5S/c12-11(14)10-8-3-2-7(18(15,16)17)5-6(8)1-4-9(10)13/h1-5H,(H2,12,14)(H,15,16,17). The summed E-state index contributed by atoms with van der Waals surface area (Å²) in [4.78, 5) is 10.9. The minimum Gasteiger partial charge on any atom is -0.365 e. The van der Waals surface area contributed by atoms with Gasteiger partial charge in [0.05, 0.1) is 10.5 Å². The van der Waals surface area contributed by atoms with Crippen LogP contribution in [0, 0.1) is 0 Å². The molecule has 1 amide bonds. The van der Waals surface area contributed by atoms with Crippen LogP contribution in [0.1, 0.15) is 10.4 Å². The summed E-state index contributed by atoms with van der Waals surface area (Å²) in [6.07, 6.45) is 0. The third-order valence-electron chi connectivity index (χ3n) is 2.50. The van der Waals surface area contributed by atoms with Crippen molar-refractivity contribution in [2.75, 3.05) is 0 Å². The minimum atomic E-state index is -4.33. The second kappa shape index (κ2) is 3.97. The zero-order valence-electron chi connectivity index (χ0n) is 8.95. The van der Waals surface area contributed by atoms with Gasteiger partial charge in [-0.3, -0.25) is 14.5 Å². The Balaban J connectivity index is 2.84. The number of hydrogen-bond donors (Lipinski definition) is 2. The quantitative estimate of drug-likeness (QED) is 0.797. The normalized spacial score (nSPS) is 11.6. The largest absolute Gasteiger partial charge is 0.365 e. The van der Waals surface area contributed by atoms with Crippen LogP contribution in [0.25, 0.3) is 10.8 Å². The van der Waals surface area contributed by atoms with Crippen molar-refractivity contribution >= 4 is 26.8 Å². The molecule has 0 spiro atoms. The Morgan fingerprint density at radius 3 is 2.39 bits per heavy atom. The SMILES string of the molecule is NC(=O)c1c([O])ccc2cc(S(=O)(=O)O)ccc12. The number of primary amides is 1. The van der Waals surface area contributed by atoms with Crippen LogP contribution in [0.5, 0.6) is 5.75 Å². The number of rotatable bonds is 2. The first-order chi connectivity index (χ1) is 8.30. The van der Waals surface area contributed by atoms with Gasteiger partial charge in [0, 0.05) is 0 Å². The van der Waals surface area contributed by atoms with Crippen molar-refractivity contribution in [1.29, 1.82) is 0 Å². The minimum absolute atomic E-state index is 0.200. The molecular formula is C11H8NO5S. The van der Waals surface area contributed by atoms with Gasteiger partial charge in [-0.05, 0) is 29.0 Å². The lowest BCUT2D eigenvalue weighted by atomic mass is 10.0. The summed E-state index contributed by atoms with van der Waals surface area (Å²) in [5.41, 5.74) is 4.90. The van der Waals surface area contributed by atoms with E-state index >= 15 is 0 Å². The maximum Gasteiger partial charge on any atom is 0.294 e. The molecule has 2 aromatic rings. The summed E-state index contributed by atoms with van der Waals surface area (Å²) < 4.78 is 30.8. The van der Waals surface area contributed by atoms with Gasteiger partial charge in [0.2, 0.25) is 0 Å². The number of carbonyl (C=O) groups excluding carboxylic acids is 1. The fourth-order valence-corrected chi connectivity index (χ4v) is 2.22. The lowest BCUT2D eigenvalue weighted by molar-refractivity contribution is 0.0998. The maximum absolute atomic E-state index is 11.5. The van der Waals surface area contributed by atoms with Crippen LogP contribution in [-0.2, 0) is 15.2 Å². The van der Waals surface area contributed by atoms with Gasteiger partial charge in [-0.15, -0.1) is 0 Å². The van der Waals surface area contributed by atoms with Gasteiger partial charge in [0.1, 0.15) is 0 Å². The van der Waals surface area contributed by atoms with Crippen LogP contribution in [0.4, 0.5) is 0 Å². The lowest BCUT2D eigenvalue weighted by Crippen LogP contribution is -2.11. The van der Waals surface area contributed by atoms with Crippen LogP contribution in [0.3, 0.4) is 0 Å². The van der Waals surface area contributed by atoms with E-state index in [1.165, 1.54) is 12.1 Å². The van der Waals surface area contributed by atoms with Gasteiger partial charge in [-0.2, -0.15) is 8.42 Å². The maximum atomic E-state index is 11.5. The monoisotopic (exact) mass is 266 g/mol. The molecule has 18 heavy (non-hydrogen) atoms. The zero-order chi connectivity index (χ0) is 13.5. The summed E-state index contributed by atoms with van der Waals surface area (Å²) in [5, 5.41) is 12.1. The molecule has 3 N–H and O–H groups in total. The average molecular weight is 266 g/mol. The predicted molar refractivity (Wildman–Crippen MR) is 62.4 cm³/mol. The third kappa shape index (κ3) is 2.01. The van der Waals surface area contributed by atoms with Crippen molar-refractivity contribution < 1.29 is 22.9 Å². The first-order valence-corrected chi connectivity index (χ1v) is 6.26. The molecule has 0 saturated heterocycles. The van der Waals surface area contributed by atoms with Crippen LogP contribution >= 0.6 is 0 Å². The highest BCUT2D eigenvalue weighted by atomic mass is 32.2. The molecule has 0 fully saturated rings. The van der Waals surface area contributed by atoms with E-state index in [0.29, 0.717) is 5.39 Å². The van der Waals surface area contributed by atoms with Crippen LogP contribution in [0.2, 0.25) is 0 Å². The second-order valence-electron chi connectivity index (χ2n) is 3.66. The Hall–Kier alpha value is -2.12. The van der Waals surface area contributed by atoms with Gasteiger partial charge < -0.3 is 5.73 Å². The van der Waals surface area contributed by atoms with E-state index in [1.54, 1.807) is 0 Å². The van der Waals surface area contributed by atoms with Gasteiger partial charge >= 0.3 is 0 Å². The lowest BCUT2D eigenvalue weighted by Gasteiger charge is -2.05. The van der Waals surface area contributed by atoms with Crippen molar-refractivity contribution in [2.24, 2.45) is 5.73 Å². The second-order valence-corrected chi connectivity index (χ2v) is 5.08. The van der Waals surface area contributed by atoms with E-state index in [9.17, 15) is 18.3 Å². The number of hydrogen-bond acceptors (Lipinski definition) is 3. The van der Waals surface area contributed by atoms with Crippen molar-refractivity contribution in [2.45, 2.75) is 4.90 Å². The van der Waals surface area contributed by atoms with E-state index in [-0.39, 0.29) is 15.8 Å². The van der Waals surface area contributed by atoms with Crippen molar-refractivity contribution in [3.05, 3.63) is 35.9 Å².